The Bertz CT molecular complexity index is 1120. The number of carbonyl (C=O) groups excluding carboxylic acids is 1. The number of halogens is 1. The normalized spacial score (nSPS) is 19.0. The first-order chi connectivity index (χ1) is 15.2. The minimum Gasteiger partial charge on any atom is -0.446 e. The van der Waals surface area contributed by atoms with Gasteiger partial charge in [-0.05, 0) is 72.1 Å². The van der Waals surface area contributed by atoms with Gasteiger partial charge in [-0.25, -0.2) is 27.4 Å². The van der Waals surface area contributed by atoms with Crippen LogP contribution >= 0.6 is 0 Å². The number of hydrogen-bond donors (Lipinski definition) is 3. The minimum absolute atomic E-state index is 0.00896. The SMILES string of the molecule is CC(C)NC(=O)O[C@@H]1CC[C@H](c2cc(Nc3ccc(S(N)(=O)=O)c(F)c3)n(C(C)(C)C)n2)C1. The lowest BCUT2D eigenvalue weighted by Gasteiger charge is -2.23. The lowest BCUT2D eigenvalue weighted by molar-refractivity contribution is 0.0981. The van der Waals surface area contributed by atoms with Crippen LogP contribution in [0.15, 0.2) is 29.2 Å². The Morgan fingerprint density at radius 3 is 2.55 bits per heavy atom. The van der Waals surface area contributed by atoms with Crippen molar-refractivity contribution in [3.05, 3.63) is 35.8 Å². The highest BCUT2D eigenvalue weighted by Crippen LogP contribution is 2.38. The maximum absolute atomic E-state index is 14.3. The maximum Gasteiger partial charge on any atom is 0.407 e. The van der Waals surface area contributed by atoms with Crippen molar-refractivity contribution in [1.82, 2.24) is 15.1 Å². The number of alkyl carbamates (subject to hydrolysis) is 1. The molecule has 3 rings (SSSR count). The number of primary sulfonamides is 1. The summed E-state index contributed by atoms with van der Waals surface area (Å²) in [6, 6.07) is 5.58. The van der Waals surface area contributed by atoms with Gasteiger partial charge in [0.15, 0.2) is 0 Å². The molecule has 1 fully saturated rings. The van der Waals surface area contributed by atoms with Crippen molar-refractivity contribution in [3.63, 3.8) is 0 Å². The summed E-state index contributed by atoms with van der Waals surface area (Å²) in [5, 5.41) is 15.7. The number of nitrogens with one attached hydrogen (secondary N) is 2. The molecule has 0 saturated heterocycles. The monoisotopic (exact) mass is 481 g/mol. The third-order valence-corrected chi connectivity index (χ3v) is 6.30. The quantitative estimate of drug-likeness (QED) is 0.573. The van der Waals surface area contributed by atoms with E-state index in [1.165, 1.54) is 6.07 Å². The van der Waals surface area contributed by atoms with Gasteiger partial charge in [0.1, 0.15) is 22.6 Å². The molecule has 2 atom stereocenters. The summed E-state index contributed by atoms with van der Waals surface area (Å²) < 4.78 is 44.6. The third-order valence-electron chi connectivity index (χ3n) is 5.36. The van der Waals surface area contributed by atoms with Crippen LogP contribution in [-0.2, 0) is 20.3 Å². The lowest BCUT2D eigenvalue weighted by Crippen LogP contribution is -2.33. The number of anilines is 2. The number of sulfonamides is 1. The smallest absolute Gasteiger partial charge is 0.407 e. The predicted molar refractivity (Wildman–Crippen MR) is 123 cm³/mol. The van der Waals surface area contributed by atoms with E-state index in [2.05, 4.69) is 10.6 Å². The molecule has 33 heavy (non-hydrogen) atoms. The second-order valence-electron chi connectivity index (χ2n) is 9.69. The summed E-state index contributed by atoms with van der Waals surface area (Å²) in [6.07, 6.45) is 1.66. The number of rotatable bonds is 6. The predicted octanol–water partition coefficient (Wildman–Crippen LogP) is 3.94. The van der Waals surface area contributed by atoms with Crippen molar-refractivity contribution < 1.29 is 22.3 Å². The third kappa shape index (κ3) is 6.23. The van der Waals surface area contributed by atoms with Crippen LogP contribution < -0.4 is 15.8 Å². The van der Waals surface area contributed by atoms with Gasteiger partial charge < -0.3 is 15.4 Å². The number of benzene rings is 1. The summed E-state index contributed by atoms with van der Waals surface area (Å²) >= 11 is 0. The van der Waals surface area contributed by atoms with Crippen LogP contribution in [-0.4, -0.2) is 36.4 Å². The Hall–Kier alpha value is -2.66. The summed E-state index contributed by atoms with van der Waals surface area (Å²) in [5.74, 6) is -0.172. The molecule has 0 radical (unpaired) electrons. The van der Waals surface area contributed by atoms with Crippen LogP contribution in [0.4, 0.5) is 20.7 Å². The highest BCUT2D eigenvalue weighted by molar-refractivity contribution is 7.89. The van der Waals surface area contributed by atoms with Crippen molar-refractivity contribution >= 4 is 27.6 Å². The van der Waals surface area contributed by atoms with Crippen LogP contribution in [0.25, 0.3) is 0 Å². The topological polar surface area (TPSA) is 128 Å². The zero-order chi connectivity index (χ0) is 24.6. The molecule has 1 aliphatic rings. The van der Waals surface area contributed by atoms with E-state index in [4.69, 9.17) is 15.0 Å². The number of hydrogen-bond acceptors (Lipinski definition) is 6. The molecule has 1 aromatic carbocycles. The highest BCUT2D eigenvalue weighted by atomic mass is 32.2. The van der Waals surface area contributed by atoms with Gasteiger partial charge in [0, 0.05) is 23.7 Å². The maximum atomic E-state index is 14.3. The molecule has 0 bridgehead atoms. The van der Waals surface area contributed by atoms with E-state index in [9.17, 15) is 17.6 Å². The van der Waals surface area contributed by atoms with Gasteiger partial charge in [-0.1, -0.05) is 0 Å². The lowest BCUT2D eigenvalue weighted by atomic mass is 10.0. The van der Waals surface area contributed by atoms with E-state index in [0.717, 1.165) is 30.7 Å². The minimum atomic E-state index is -4.14. The number of ether oxygens (including phenoxy) is 1. The highest BCUT2D eigenvalue weighted by Gasteiger charge is 2.32. The number of aromatic nitrogens is 2. The van der Waals surface area contributed by atoms with Gasteiger partial charge in [-0.2, -0.15) is 5.10 Å². The van der Waals surface area contributed by atoms with E-state index in [1.807, 2.05) is 45.4 Å². The van der Waals surface area contributed by atoms with Gasteiger partial charge in [0.2, 0.25) is 10.0 Å². The van der Waals surface area contributed by atoms with Gasteiger partial charge in [0.05, 0.1) is 11.2 Å². The second kappa shape index (κ2) is 9.30. The summed E-state index contributed by atoms with van der Waals surface area (Å²) in [7, 11) is -4.14. The van der Waals surface area contributed by atoms with E-state index >= 15 is 0 Å². The van der Waals surface area contributed by atoms with Crippen molar-refractivity contribution in [2.24, 2.45) is 5.14 Å². The Kier molecular flexibility index (Phi) is 7.04. The summed E-state index contributed by atoms with van der Waals surface area (Å²) in [5.41, 5.74) is 0.852. The molecule has 182 valence electrons. The molecule has 2 aromatic rings. The van der Waals surface area contributed by atoms with Gasteiger partial charge in [-0.15, -0.1) is 0 Å². The molecular weight excluding hydrogens is 449 g/mol. The van der Waals surface area contributed by atoms with E-state index in [0.29, 0.717) is 17.9 Å². The zero-order valence-electron chi connectivity index (χ0n) is 19.6. The molecule has 1 aromatic heterocycles. The van der Waals surface area contributed by atoms with Crippen LogP contribution in [0.3, 0.4) is 0 Å². The zero-order valence-corrected chi connectivity index (χ0v) is 20.4. The fraction of sp³-hybridized carbons (Fsp3) is 0.545. The first-order valence-electron chi connectivity index (χ1n) is 10.9. The molecule has 1 heterocycles. The fourth-order valence-corrected chi connectivity index (χ4v) is 4.48. The second-order valence-corrected chi connectivity index (χ2v) is 11.2. The van der Waals surface area contributed by atoms with Gasteiger partial charge in [0.25, 0.3) is 0 Å². The summed E-state index contributed by atoms with van der Waals surface area (Å²) in [6.45, 7) is 9.74. The van der Waals surface area contributed by atoms with Crippen molar-refractivity contribution in [3.8, 4) is 0 Å². The molecule has 4 N–H and O–H groups in total. The van der Waals surface area contributed by atoms with Crippen molar-refractivity contribution in [2.75, 3.05) is 5.32 Å². The Morgan fingerprint density at radius 2 is 1.97 bits per heavy atom. The first-order valence-corrected chi connectivity index (χ1v) is 12.5. The van der Waals surface area contributed by atoms with E-state index in [-0.39, 0.29) is 23.6 Å². The molecular formula is C22H32FN5O4S. The van der Waals surface area contributed by atoms with Gasteiger partial charge >= 0.3 is 6.09 Å². The number of amides is 1. The standard InChI is InChI=1S/C22H32FN5O4S/c1-13(2)25-21(29)32-16-8-6-14(10-16)18-12-20(28(27-18)22(3,4)5)26-15-7-9-19(17(23)11-15)33(24,30)31/h7,9,11-14,16,26H,6,8,10H2,1-5H3,(H,25,29)(H2,24,30,31)/t14-,16+/m0/s1. The molecule has 0 spiro atoms. The number of nitrogens with two attached hydrogens (primary N) is 1. The fourth-order valence-electron chi connectivity index (χ4n) is 3.89. The molecule has 1 amide bonds. The van der Waals surface area contributed by atoms with Crippen molar-refractivity contribution in [2.45, 2.75) is 82.4 Å². The van der Waals surface area contributed by atoms with E-state index < -0.39 is 26.8 Å². The Labute approximate surface area is 193 Å². The average molecular weight is 482 g/mol. The molecule has 11 heteroatoms. The average Bonchev–Trinajstić information content (AvgIpc) is 3.26. The first kappa shape index (κ1) is 25.0. The molecule has 1 saturated carbocycles. The van der Waals surface area contributed by atoms with Crippen LogP contribution in [0.2, 0.25) is 0 Å². The largest absolute Gasteiger partial charge is 0.446 e. The van der Waals surface area contributed by atoms with Crippen LogP contribution in [0.1, 0.15) is 65.5 Å². The summed E-state index contributed by atoms with van der Waals surface area (Å²) in [4.78, 5) is 11.4. The Balaban J connectivity index is 1.80. The molecule has 1 aliphatic carbocycles. The van der Waals surface area contributed by atoms with Gasteiger partial charge in [-0.3, -0.25) is 0 Å². The molecule has 0 unspecified atom stereocenters. The number of carbonyl (C=O) groups is 1. The molecule has 9 nitrogen and oxygen atoms in total. The van der Waals surface area contributed by atoms with E-state index in [1.54, 1.807) is 0 Å². The van der Waals surface area contributed by atoms with Crippen LogP contribution in [0, 0.1) is 5.82 Å². The molecule has 0 aliphatic heterocycles. The Morgan fingerprint density at radius 1 is 1.27 bits per heavy atom. The van der Waals surface area contributed by atoms with Crippen molar-refractivity contribution in [1.29, 1.82) is 0 Å². The number of nitrogens with zero attached hydrogens (tertiary/aromatic N) is 2. The van der Waals surface area contributed by atoms with Crippen LogP contribution in [0.5, 0.6) is 0 Å².